The Bertz CT molecular complexity index is 654. The van der Waals surface area contributed by atoms with E-state index in [1.54, 1.807) is 0 Å². The molecular formula is C17H18O6. The lowest BCUT2D eigenvalue weighted by Crippen LogP contribution is -2.06. The quantitative estimate of drug-likeness (QED) is 0.625. The van der Waals surface area contributed by atoms with Crippen LogP contribution in [-0.2, 0) is 16.1 Å². The van der Waals surface area contributed by atoms with Crippen LogP contribution in [0.1, 0.15) is 15.9 Å². The molecule has 0 amide bonds. The van der Waals surface area contributed by atoms with E-state index in [-0.39, 0.29) is 23.9 Å². The second-order valence-corrected chi connectivity index (χ2v) is 4.63. The van der Waals surface area contributed by atoms with Crippen molar-refractivity contribution >= 4 is 5.97 Å². The van der Waals surface area contributed by atoms with E-state index >= 15 is 0 Å². The van der Waals surface area contributed by atoms with Crippen LogP contribution >= 0.6 is 0 Å². The van der Waals surface area contributed by atoms with Gasteiger partial charge in [0.15, 0.2) is 18.3 Å². The van der Waals surface area contributed by atoms with Crippen molar-refractivity contribution in [3.8, 4) is 17.2 Å². The van der Waals surface area contributed by atoms with Crippen LogP contribution in [0, 0.1) is 0 Å². The number of methoxy groups -OCH3 is 2. The predicted octanol–water partition coefficient (Wildman–Crippen LogP) is 2.74. The van der Waals surface area contributed by atoms with E-state index in [1.807, 2.05) is 30.3 Å². The van der Waals surface area contributed by atoms with Crippen LogP contribution in [0.25, 0.3) is 0 Å². The molecule has 0 atom stereocenters. The lowest BCUT2D eigenvalue weighted by atomic mass is 10.1. The molecule has 6 nitrogen and oxygen atoms in total. The molecule has 0 fully saturated rings. The molecule has 0 unspecified atom stereocenters. The van der Waals surface area contributed by atoms with Gasteiger partial charge >= 0.3 is 5.97 Å². The number of phenolic OH excluding ortho intramolecular Hbond substituents is 1. The minimum Gasteiger partial charge on any atom is -0.507 e. The third-order valence-corrected chi connectivity index (χ3v) is 3.04. The minimum absolute atomic E-state index is 0.00864. The number of aromatic hydroxyl groups is 1. The molecule has 0 spiro atoms. The largest absolute Gasteiger partial charge is 0.507 e. The number of hydrogen-bond donors (Lipinski definition) is 1. The van der Waals surface area contributed by atoms with Crippen molar-refractivity contribution in [1.29, 1.82) is 0 Å². The van der Waals surface area contributed by atoms with Crippen LogP contribution in [0.3, 0.4) is 0 Å². The molecule has 6 heteroatoms. The summed E-state index contributed by atoms with van der Waals surface area (Å²) in [6, 6.07) is 12.2. The van der Waals surface area contributed by atoms with Crippen molar-refractivity contribution in [2.75, 3.05) is 21.0 Å². The second-order valence-electron chi connectivity index (χ2n) is 4.63. The highest BCUT2D eigenvalue weighted by molar-refractivity contribution is 5.93. The first kappa shape index (κ1) is 16.6. The third-order valence-electron chi connectivity index (χ3n) is 3.04. The summed E-state index contributed by atoms with van der Waals surface area (Å²) < 4.78 is 20.6. The number of hydrogen-bond acceptors (Lipinski definition) is 6. The standard InChI is InChI=1S/C17H18O6/c1-20-11-23-15-8-13(17(19)21-2)14(18)9-16(15)22-10-12-6-4-3-5-7-12/h3-9,18H,10-11H2,1-2H3. The van der Waals surface area contributed by atoms with Crippen molar-refractivity contribution in [3.05, 3.63) is 53.6 Å². The summed E-state index contributed by atoms with van der Waals surface area (Å²) in [4.78, 5) is 11.6. The lowest BCUT2D eigenvalue weighted by Gasteiger charge is -2.14. The Balaban J connectivity index is 2.25. The van der Waals surface area contributed by atoms with Gasteiger partial charge in [-0.15, -0.1) is 0 Å². The number of ether oxygens (including phenoxy) is 4. The predicted molar refractivity (Wildman–Crippen MR) is 82.7 cm³/mol. The number of phenols is 1. The molecule has 0 heterocycles. The van der Waals surface area contributed by atoms with Gasteiger partial charge in [0.25, 0.3) is 0 Å². The van der Waals surface area contributed by atoms with Crippen molar-refractivity contribution in [2.24, 2.45) is 0 Å². The summed E-state index contributed by atoms with van der Waals surface area (Å²) in [5, 5.41) is 9.97. The zero-order valence-corrected chi connectivity index (χ0v) is 12.9. The van der Waals surface area contributed by atoms with Gasteiger partial charge in [0.2, 0.25) is 0 Å². The highest BCUT2D eigenvalue weighted by atomic mass is 16.7. The fourth-order valence-corrected chi connectivity index (χ4v) is 1.91. The molecule has 0 bridgehead atoms. The van der Waals surface area contributed by atoms with Crippen LogP contribution in [0.5, 0.6) is 17.2 Å². The molecular weight excluding hydrogens is 300 g/mol. The van der Waals surface area contributed by atoms with Gasteiger partial charge in [0.05, 0.1) is 7.11 Å². The zero-order valence-electron chi connectivity index (χ0n) is 12.9. The van der Waals surface area contributed by atoms with Crippen molar-refractivity contribution in [2.45, 2.75) is 6.61 Å². The van der Waals surface area contributed by atoms with Crippen molar-refractivity contribution < 1.29 is 28.8 Å². The third kappa shape index (κ3) is 4.37. The van der Waals surface area contributed by atoms with E-state index in [2.05, 4.69) is 4.74 Å². The SMILES string of the molecule is COCOc1cc(C(=O)OC)c(O)cc1OCc1ccccc1. The highest BCUT2D eigenvalue weighted by Crippen LogP contribution is 2.35. The molecule has 0 aliphatic heterocycles. The Morgan fingerprint density at radius 2 is 1.74 bits per heavy atom. The molecule has 1 N–H and O–H groups in total. The maximum Gasteiger partial charge on any atom is 0.341 e. The van der Waals surface area contributed by atoms with Gasteiger partial charge in [-0.25, -0.2) is 4.79 Å². The number of carbonyl (C=O) groups is 1. The highest BCUT2D eigenvalue weighted by Gasteiger charge is 2.18. The fraction of sp³-hybridized carbons (Fsp3) is 0.235. The molecule has 0 aliphatic rings. The number of rotatable bonds is 7. The Kier molecular flexibility index (Phi) is 5.82. The van der Waals surface area contributed by atoms with Gasteiger partial charge in [-0.2, -0.15) is 0 Å². The normalized spacial score (nSPS) is 10.2. The summed E-state index contributed by atoms with van der Waals surface area (Å²) >= 11 is 0. The van der Waals surface area contributed by atoms with E-state index < -0.39 is 5.97 Å². The Morgan fingerprint density at radius 3 is 2.39 bits per heavy atom. The smallest absolute Gasteiger partial charge is 0.341 e. The van der Waals surface area contributed by atoms with Gasteiger partial charge in [-0.05, 0) is 5.56 Å². The molecule has 0 aromatic heterocycles. The average Bonchev–Trinajstić information content (AvgIpc) is 2.59. The van der Waals surface area contributed by atoms with Crippen LogP contribution < -0.4 is 9.47 Å². The van der Waals surface area contributed by atoms with E-state index in [4.69, 9.17) is 14.2 Å². The van der Waals surface area contributed by atoms with Crippen molar-refractivity contribution in [1.82, 2.24) is 0 Å². The second kappa shape index (κ2) is 8.05. The van der Waals surface area contributed by atoms with Crippen LogP contribution in [-0.4, -0.2) is 32.1 Å². The Labute approximate surface area is 134 Å². The van der Waals surface area contributed by atoms with Crippen LogP contribution in [0.15, 0.2) is 42.5 Å². The van der Waals surface area contributed by atoms with E-state index in [1.165, 1.54) is 26.4 Å². The summed E-state index contributed by atoms with van der Waals surface area (Å²) in [6.45, 7) is 0.272. The number of benzene rings is 2. The molecule has 0 radical (unpaired) electrons. The Morgan fingerprint density at radius 1 is 1.04 bits per heavy atom. The van der Waals surface area contributed by atoms with Gasteiger partial charge < -0.3 is 24.1 Å². The first-order chi connectivity index (χ1) is 11.2. The van der Waals surface area contributed by atoms with E-state index in [9.17, 15) is 9.90 Å². The first-order valence-electron chi connectivity index (χ1n) is 6.89. The first-order valence-corrected chi connectivity index (χ1v) is 6.89. The van der Waals surface area contributed by atoms with Gasteiger partial charge in [-0.1, -0.05) is 30.3 Å². The van der Waals surface area contributed by atoms with Crippen LogP contribution in [0.2, 0.25) is 0 Å². The monoisotopic (exact) mass is 318 g/mol. The summed E-state index contributed by atoms with van der Waals surface area (Å²) in [5.74, 6) is -0.332. The minimum atomic E-state index is -0.667. The molecule has 0 saturated carbocycles. The molecule has 122 valence electrons. The van der Waals surface area contributed by atoms with Crippen LogP contribution in [0.4, 0.5) is 0 Å². The van der Waals surface area contributed by atoms with Gasteiger partial charge in [-0.3, -0.25) is 0 Å². The number of carbonyl (C=O) groups excluding carboxylic acids is 1. The summed E-state index contributed by atoms with van der Waals surface area (Å²) in [6.07, 6.45) is 0. The van der Waals surface area contributed by atoms with E-state index in [0.29, 0.717) is 12.4 Å². The Hall–Kier alpha value is -2.73. The molecule has 2 aromatic rings. The maximum absolute atomic E-state index is 11.6. The van der Waals surface area contributed by atoms with Crippen molar-refractivity contribution in [3.63, 3.8) is 0 Å². The number of esters is 1. The average molecular weight is 318 g/mol. The fourth-order valence-electron chi connectivity index (χ4n) is 1.91. The van der Waals surface area contributed by atoms with Gasteiger partial charge in [0.1, 0.15) is 17.9 Å². The lowest BCUT2D eigenvalue weighted by molar-refractivity contribution is 0.0476. The summed E-state index contributed by atoms with van der Waals surface area (Å²) in [5.41, 5.74) is 0.951. The molecule has 2 rings (SSSR count). The maximum atomic E-state index is 11.6. The molecule has 0 aliphatic carbocycles. The molecule has 23 heavy (non-hydrogen) atoms. The molecule has 0 saturated heterocycles. The topological polar surface area (TPSA) is 74.2 Å². The zero-order chi connectivity index (χ0) is 16.7. The molecule has 2 aromatic carbocycles. The van der Waals surface area contributed by atoms with Gasteiger partial charge in [0, 0.05) is 19.2 Å². The summed E-state index contributed by atoms with van der Waals surface area (Å²) in [7, 11) is 2.71. The van der Waals surface area contributed by atoms with E-state index in [0.717, 1.165) is 5.56 Å².